The molecule has 0 heterocycles. The summed E-state index contributed by atoms with van der Waals surface area (Å²) in [5.41, 5.74) is 12.3. The van der Waals surface area contributed by atoms with E-state index in [0.717, 1.165) is 19.3 Å². The van der Waals surface area contributed by atoms with Crippen LogP contribution >= 0.6 is 0 Å². The molecule has 2 heteroatoms. The quantitative estimate of drug-likeness (QED) is 0.662. The Labute approximate surface area is 75.7 Å². The maximum Gasteiger partial charge on any atom is 0.0169 e. The third kappa shape index (κ3) is 2.20. The summed E-state index contributed by atoms with van der Waals surface area (Å²) in [6, 6.07) is 0.329. The first kappa shape index (κ1) is 10.0. The van der Waals surface area contributed by atoms with Crippen LogP contribution in [0.5, 0.6) is 0 Å². The van der Waals surface area contributed by atoms with Crippen LogP contribution in [-0.4, -0.2) is 11.6 Å². The molecule has 1 aliphatic carbocycles. The highest BCUT2D eigenvalue weighted by atomic mass is 14.8. The molecule has 0 aromatic carbocycles. The molecule has 0 aliphatic heterocycles. The van der Waals surface area contributed by atoms with E-state index >= 15 is 0 Å². The van der Waals surface area contributed by atoms with Crippen LogP contribution in [0.25, 0.3) is 0 Å². The predicted molar refractivity (Wildman–Crippen MR) is 52.8 cm³/mol. The van der Waals surface area contributed by atoms with Gasteiger partial charge < -0.3 is 11.5 Å². The Morgan fingerprint density at radius 1 is 1.50 bits per heavy atom. The fourth-order valence-electron chi connectivity index (χ4n) is 2.23. The van der Waals surface area contributed by atoms with Crippen LogP contribution < -0.4 is 11.5 Å². The van der Waals surface area contributed by atoms with Gasteiger partial charge in [0.1, 0.15) is 0 Å². The zero-order valence-corrected chi connectivity index (χ0v) is 8.34. The maximum atomic E-state index is 6.24. The van der Waals surface area contributed by atoms with Gasteiger partial charge in [-0.25, -0.2) is 0 Å². The van der Waals surface area contributed by atoms with Crippen molar-refractivity contribution in [2.45, 2.75) is 57.5 Å². The highest BCUT2D eigenvalue weighted by molar-refractivity contribution is 4.94. The first-order chi connectivity index (χ1) is 5.57. The summed E-state index contributed by atoms with van der Waals surface area (Å²) >= 11 is 0. The Kier molecular flexibility index (Phi) is 3.13. The second kappa shape index (κ2) is 3.75. The topological polar surface area (TPSA) is 52.0 Å². The van der Waals surface area contributed by atoms with Crippen molar-refractivity contribution in [1.29, 1.82) is 0 Å². The highest BCUT2D eigenvalue weighted by Gasteiger charge is 2.33. The van der Waals surface area contributed by atoms with E-state index in [1.165, 1.54) is 12.8 Å². The number of hydrogen-bond donors (Lipinski definition) is 2. The van der Waals surface area contributed by atoms with Gasteiger partial charge in [-0.2, -0.15) is 0 Å². The Balaban J connectivity index is 2.48. The SMILES string of the molecule is CCCC1(N)CCC(C)C(N)C1. The second-order valence-corrected chi connectivity index (χ2v) is 4.50. The molecule has 1 rings (SSSR count). The molecular weight excluding hydrogens is 148 g/mol. The Morgan fingerprint density at radius 3 is 2.67 bits per heavy atom. The molecule has 3 unspecified atom stereocenters. The molecule has 1 aliphatic rings. The molecule has 1 saturated carbocycles. The molecule has 0 radical (unpaired) electrons. The molecule has 0 saturated heterocycles. The summed E-state index contributed by atoms with van der Waals surface area (Å²) in [5, 5.41) is 0. The van der Waals surface area contributed by atoms with Gasteiger partial charge in [-0.3, -0.25) is 0 Å². The molecule has 0 spiro atoms. The smallest absolute Gasteiger partial charge is 0.0169 e. The van der Waals surface area contributed by atoms with Crippen molar-refractivity contribution in [3.8, 4) is 0 Å². The molecule has 0 bridgehead atoms. The van der Waals surface area contributed by atoms with E-state index in [0.29, 0.717) is 12.0 Å². The molecule has 12 heavy (non-hydrogen) atoms. The van der Waals surface area contributed by atoms with Gasteiger partial charge in [0.15, 0.2) is 0 Å². The van der Waals surface area contributed by atoms with Crippen molar-refractivity contribution in [3.63, 3.8) is 0 Å². The molecule has 4 N–H and O–H groups in total. The molecule has 1 fully saturated rings. The summed E-state index contributed by atoms with van der Waals surface area (Å²) in [6.45, 7) is 4.42. The molecule has 0 aromatic heterocycles. The summed E-state index contributed by atoms with van der Waals surface area (Å²) in [6.07, 6.45) is 5.69. The normalized spacial score (nSPS) is 43.0. The summed E-state index contributed by atoms with van der Waals surface area (Å²) in [4.78, 5) is 0. The minimum absolute atomic E-state index is 0.0562. The fraction of sp³-hybridized carbons (Fsp3) is 1.00. The Morgan fingerprint density at radius 2 is 2.17 bits per heavy atom. The Bertz CT molecular complexity index is 147. The van der Waals surface area contributed by atoms with Gasteiger partial charge >= 0.3 is 0 Å². The molecule has 0 aromatic rings. The molecule has 3 atom stereocenters. The highest BCUT2D eigenvalue weighted by Crippen LogP contribution is 2.32. The van der Waals surface area contributed by atoms with Crippen molar-refractivity contribution in [3.05, 3.63) is 0 Å². The predicted octanol–water partition coefficient (Wildman–Crippen LogP) is 1.63. The number of hydrogen-bond acceptors (Lipinski definition) is 2. The van der Waals surface area contributed by atoms with Gasteiger partial charge in [0.05, 0.1) is 0 Å². The largest absolute Gasteiger partial charge is 0.327 e. The first-order valence-electron chi connectivity index (χ1n) is 5.12. The lowest BCUT2D eigenvalue weighted by Crippen LogP contribution is -2.50. The number of rotatable bonds is 2. The minimum Gasteiger partial charge on any atom is -0.327 e. The molecule has 0 amide bonds. The van der Waals surface area contributed by atoms with Crippen molar-refractivity contribution in [1.82, 2.24) is 0 Å². The zero-order valence-electron chi connectivity index (χ0n) is 8.34. The van der Waals surface area contributed by atoms with Gasteiger partial charge in [-0.05, 0) is 31.6 Å². The van der Waals surface area contributed by atoms with Gasteiger partial charge in [0.25, 0.3) is 0 Å². The van der Waals surface area contributed by atoms with Crippen molar-refractivity contribution >= 4 is 0 Å². The van der Waals surface area contributed by atoms with Crippen LogP contribution in [0.3, 0.4) is 0 Å². The second-order valence-electron chi connectivity index (χ2n) is 4.50. The van der Waals surface area contributed by atoms with Crippen LogP contribution in [0.1, 0.15) is 46.0 Å². The van der Waals surface area contributed by atoms with E-state index in [1.54, 1.807) is 0 Å². The zero-order chi connectivity index (χ0) is 9.19. The van der Waals surface area contributed by atoms with Crippen molar-refractivity contribution < 1.29 is 0 Å². The van der Waals surface area contributed by atoms with E-state index < -0.39 is 0 Å². The molecule has 72 valence electrons. The summed E-state index contributed by atoms with van der Waals surface area (Å²) in [7, 11) is 0. The summed E-state index contributed by atoms with van der Waals surface area (Å²) in [5.74, 6) is 0.665. The first-order valence-corrected chi connectivity index (χ1v) is 5.12. The van der Waals surface area contributed by atoms with Gasteiger partial charge in [-0.15, -0.1) is 0 Å². The molecule has 2 nitrogen and oxygen atoms in total. The average Bonchev–Trinajstić information content (AvgIpc) is 1.98. The van der Waals surface area contributed by atoms with Crippen LogP contribution in [0.15, 0.2) is 0 Å². The lowest BCUT2D eigenvalue weighted by molar-refractivity contribution is 0.202. The van der Waals surface area contributed by atoms with Crippen molar-refractivity contribution in [2.75, 3.05) is 0 Å². The number of nitrogens with two attached hydrogens (primary N) is 2. The van der Waals surface area contributed by atoms with Crippen LogP contribution in [0.2, 0.25) is 0 Å². The maximum absolute atomic E-state index is 6.24. The van der Waals surface area contributed by atoms with E-state index in [2.05, 4.69) is 13.8 Å². The minimum atomic E-state index is 0.0562. The Hall–Kier alpha value is -0.0800. The van der Waals surface area contributed by atoms with E-state index in [9.17, 15) is 0 Å². The summed E-state index contributed by atoms with van der Waals surface area (Å²) < 4.78 is 0. The molecular formula is C10H22N2. The lowest BCUT2D eigenvalue weighted by atomic mass is 9.73. The third-order valence-corrected chi connectivity index (χ3v) is 3.22. The average molecular weight is 170 g/mol. The third-order valence-electron chi connectivity index (χ3n) is 3.22. The lowest BCUT2D eigenvalue weighted by Gasteiger charge is -2.40. The van der Waals surface area contributed by atoms with Gasteiger partial charge in [0.2, 0.25) is 0 Å². The van der Waals surface area contributed by atoms with Crippen LogP contribution in [-0.2, 0) is 0 Å². The van der Waals surface area contributed by atoms with Gasteiger partial charge in [0, 0.05) is 11.6 Å². The van der Waals surface area contributed by atoms with Crippen LogP contribution in [0, 0.1) is 5.92 Å². The van der Waals surface area contributed by atoms with E-state index in [-0.39, 0.29) is 5.54 Å². The van der Waals surface area contributed by atoms with E-state index in [4.69, 9.17) is 11.5 Å². The fourth-order valence-corrected chi connectivity index (χ4v) is 2.23. The monoisotopic (exact) mass is 170 g/mol. The van der Waals surface area contributed by atoms with Gasteiger partial charge in [-0.1, -0.05) is 20.3 Å². The van der Waals surface area contributed by atoms with E-state index in [1.807, 2.05) is 0 Å². The standard InChI is InChI=1S/C10H22N2/c1-3-5-10(12)6-4-8(2)9(11)7-10/h8-9H,3-7,11-12H2,1-2H3. The van der Waals surface area contributed by atoms with Crippen LogP contribution in [0.4, 0.5) is 0 Å². The van der Waals surface area contributed by atoms with Crippen molar-refractivity contribution in [2.24, 2.45) is 17.4 Å².